The second-order valence-corrected chi connectivity index (χ2v) is 4.56. The lowest BCUT2D eigenvalue weighted by Crippen LogP contribution is -2.31. The van der Waals surface area contributed by atoms with Crippen LogP contribution in [0.5, 0.6) is 5.75 Å². The Kier molecular flexibility index (Phi) is 6.97. The molecule has 1 rings (SSSR count). The lowest BCUT2D eigenvalue weighted by Gasteiger charge is -2.14. The van der Waals surface area contributed by atoms with Crippen molar-refractivity contribution < 1.29 is 9.53 Å². The van der Waals surface area contributed by atoms with Crippen LogP contribution in [0.1, 0.15) is 26.7 Å². The van der Waals surface area contributed by atoms with Gasteiger partial charge in [0, 0.05) is 0 Å². The fourth-order valence-electron chi connectivity index (χ4n) is 1.91. The minimum absolute atomic E-state index is 0.0459. The third-order valence-corrected chi connectivity index (χ3v) is 3.25. The molecule has 2 N–H and O–H groups in total. The summed E-state index contributed by atoms with van der Waals surface area (Å²) in [7, 11) is 1.59. The van der Waals surface area contributed by atoms with Gasteiger partial charge in [-0.25, -0.2) is 0 Å². The maximum absolute atomic E-state index is 11.8. The summed E-state index contributed by atoms with van der Waals surface area (Å²) in [4.78, 5) is 11.8. The van der Waals surface area contributed by atoms with Crippen molar-refractivity contribution in [2.45, 2.75) is 26.7 Å². The Bertz CT molecular complexity index is 389. The van der Waals surface area contributed by atoms with E-state index in [0.717, 1.165) is 19.4 Å². The predicted octanol–water partition coefficient (Wildman–Crippen LogP) is 2.66. The van der Waals surface area contributed by atoms with Crippen LogP contribution in [0, 0.1) is 5.92 Å². The van der Waals surface area contributed by atoms with Gasteiger partial charge in [-0.15, -0.1) is 0 Å². The highest BCUT2D eigenvalue weighted by molar-refractivity contribution is 5.93. The van der Waals surface area contributed by atoms with Crippen LogP contribution in [0.25, 0.3) is 0 Å². The molecule has 0 radical (unpaired) electrons. The van der Waals surface area contributed by atoms with Crippen LogP contribution < -0.4 is 15.4 Å². The van der Waals surface area contributed by atoms with Crippen LogP contribution in [-0.2, 0) is 4.79 Å². The van der Waals surface area contributed by atoms with E-state index < -0.39 is 0 Å². The summed E-state index contributed by atoms with van der Waals surface area (Å²) < 4.78 is 5.19. The molecule has 4 heteroatoms. The van der Waals surface area contributed by atoms with Crippen molar-refractivity contribution in [3.8, 4) is 5.75 Å². The maximum Gasteiger partial charge on any atom is 0.238 e. The molecule has 0 aliphatic heterocycles. The Morgan fingerprint density at radius 3 is 2.58 bits per heavy atom. The number of ether oxygens (including phenoxy) is 1. The van der Waals surface area contributed by atoms with Gasteiger partial charge in [0.15, 0.2) is 0 Å². The minimum Gasteiger partial charge on any atom is -0.495 e. The van der Waals surface area contributed by atoms with Gasteiger partial charge in [-0.2, -0.15) is 0 Å². The first-order chi connectivity index (χ1) is 9.21. The maximum atomic E-state index is 11.8. The molecule has 0 heterocycles. The third-order valence-electron chi connectivity index (χ3n) is 3.25. The number of nitrogens with one attached hydrogen (secondary N) is 2. The number of carbonyl (C=O) groups excluding carboxylic acids is 1. The molecule has 1 aromatic carbocycles. The largest absolute Gasteiger partial charge is 0.495 e. The number of benzene rings is 1. The molecule has 106 valence electrons. The fourth-order valence-corrected chi connectivity index (χ4v) is 1.91. The van der Waals surface area contributed by atoms with Crippen molar-refractivity contribution in [3.63, 3.8) is 0 Å². The quantitative estimate of drug-likeness (QED) is 0.759. The number of anilines is 1. The lowest BCUT2D eigenvalue weighted by atomic mass is 10.0. The predicted molar refractivity (Wildman–Crippen MR) is 78.6 cm³/mol. The Hall–Kier alpha value is -1.55. The summed E-state index contributed by atoms with van der Waals surface area (Å²) in [6, 6.07) is 7.40. The third kappa shape index (κ3) is 5.30. The number of methoxy groups -OCH3 is 1. The van der Waals surface area contributed by atoms with Gasteiger partial charge in [-0.1, -0.05) is 38.8 Å². The summed E-state index contributed by atoms with van der Waals surface area (Å²) >= 11 is 0. The topological polar surface area (TPSA) is 50.4 Å². The summed E-state index contributed by atoms with van der Waals surface area (Å²) in [5.41, 5.74) is 0.708. The molecule has 4 nitrogen and oxygen atoms in total. The molecule has 0 atom stereocenters. The summed E-state index contributed by atoms with van der Waals surface area (Å²) in [6.07, 6.45) is 2.27. The van der Waals surface area contributed by atoms with Crippen LogP contribution in [0.3, 0.4) is 0 Å². The molecule has 0 saturated carbocycles. The molecule has 19 heavy (non-hydrogen) atoms. The van der Waals surface area contributed by atoms with Crippen LogP contribution in [0.4, 0.5) is 5.69 Å². The van der Waals surface area contributed by atoms with E-state index in [-0.39, 0.29) is 5.91 Å². The van der Waals surface area contributed by atoms with Gasteiger partial charge in [0.25, 0.3) is 0 Å². The second-order valence-electron chi connectivity index (χ2n) is 4.56. The molecule has 0 aromatic heterocycles. The van der Waals surface area contributed by atoms with Gasteiger partial charge in [0.1, 0.15) is 5.75 Å². The van der Waals surface area contributed by atoms with E-state index in [4.69, 9.17) is 4.74 Å². The van der Waals surface area contributed by atoms with Crippen LogP contribution in [0.15, 0.2) is 24.3 Å². The van der Waals surface area contributed by atoms with Gasteiger partial charge >= 0.3 is 0 Å². The van der Waals surface area contributed by atoms with Crippen LogP contribution in [0.2, 0.25) is 0 Å². The molecule has 0 bridgehead atoms. The molecule has 0 spiro atoms. The number of carbonyl (C=O) groups is 1. The van der Waals surface area contributed by atoms with E-state index in [2.05, 4.69) is 24.5 Å². The van der Waals surface area contributed by atoms with Crippen LogP contribution >= 0.6 is 0 Å². The molecular formula is C15H24N2O2. The Morgan fingerprint density at radius 2 is 1.95 bits per heavy atom. The van der Waals surface area contributed by atoms with E-state index >= 15 is 0 Å². The van der Waals surface area contributed by atoms with E-state index in [9.17, 15) is 4.79 Å². The van der Waals surface area contributed by atoms with Crippen molar-refractivity contribution in [1.82, 2.24) is 5.32 Å². The average molecular weight is 264 g/mol. The molecule has 0 unspecified atom stereocenters. The summed E-state index contributed by atoms with van der Waals surface area (Å²) in [5, 5.41) is 6.04. The second kappa shape index (κ2) is 8.53. The zero-order chi connectivity index (χ0) is 14.1. The zero-order valence-corrected chi connectivity index (χ0v) is 12.0. The Morgan fingerprint density at radius 1 is 1.26 bits per heavy atom. The molecule has 1 amide bonds. The molecule has 1 aromatic rings. The van der Waals surface area contributed by atoms with Crippen molar-refractivity contribution in [1.29, 1.82) is 0 Å². The van der Waals surface area contributed by atoms with E-state index in [1.54, 1.807) is 7.11 Å². The minimum atomic E-state index is -0.0459. The first kappa shape index (κ1) is 15.5. The summed E-state index contributed by atoms with van der Waals surface area (Å²) in [6.45, 7) is 5.55. The molecular weight excluding hydrogens is 240 g/mol. The number of para-hydroxylation sites is 2. The van der Waals surface area contributed by atoms with Gasteiger partial charge in [0.2, 0.25) is 5.91 Å². The molecule has 0 saturated heterocycles. The lowest BCUT2D eigenvalue weighted by molar-refractivity contribution is -0.115. The van der Waals surface area contributed by atoms with Crippen molar-refractivity contribution in [2.24, 2.45) is 5.92 Å². The van der Waals surface area contributed by atoms with Gasteiger partial charge in [-0.3, -0.25) is 4.79 Å². The van der Waals surface area contributed by atoms with Crippen molar-refractivity contribution in [2.75, 3.05) is 25.5 Å². The highest BCUT2D eigenvalue weighted by Gasteiger charge is 2.08. The van der Waals surface area contributed by atoms with Gasteiger partial charge in [0.05, 0.1) is 19.3 Å². The highest BCUT2D eigenvalue weighted by atomic mass is 16.5. The number of rotatable bonds is 8. The van der Waals surface area contributed by atoms with Gasteiger partial charge in [-0.05, 0) is 24.6 Å². The monoisotopic (exact) mass is 264 g/mol. The van der Waals surface area contributed by atoms with Crippen LogP contribution in [-0.4, -0.2) is 26.1 Å². The standard InChI is InChI=1S/C15H24N2O2/c1-4-12(5-2)10-16-11-15(18)17-13-8-6-7-9-14(13)19-3/h6-9,12,16H,4-5,10-11H2,1-3H3,(H,17,18). The van der Waals surface area contributed by atoms with E-state index in [1.807, 2.05) is 24.3 Å². The smallest absolute Gasteiger partial charge is 0.238 e. The number of amides is 1. The van der Waals surface area contributed by atoms with Crippen molar-refractivity contribution >= 4 is 11.6 Å². The van der Waals surface area contributed by atoms with E-state index in [1.165, 1.54) is 0 Å². The number of hydrogen-bond donors (Lipinski definition) is 2. The SMILES string of the molecule is CCC(CC)CNCC(=O)Nc1ccccc1OC. The first-order valence-corrected chi connectivity index (χ1v) is 6.84. The Labute approximate surface area is 115 Å². The summed E-state index contributed by atoms with van der Waals surface area (Å²) in [5.74, 6) is 1.27. The Balaban J connectivity index is 2.39. The van der Waals surface area contributed by atoms with E-state index in [0.29, 0.717) is 23.9 Å². The van der Waals surface area contributed by atoms with Gasteiger partial charge < -0.3 is 15.4 Å². The fraction of sp³-hybridized carbons (Fsp3) is 0.533. The average Bonchev–Trinajstić information content (AvgIpc) is 2.44. The number of hydrogen-bond acceptors (Lipinski definition) is 3. The van der Waals surface area contributed by atoms with Crippen molar-refractivity contribution in [3.05, 3.63) is 24.3 Å². The highest BCUT2D eigenvalue weighted by Crippen LogP contribution is 2.22. The normalized spacial score (nSPS) is 10.5. The first-order valence-electron chi connectivity index (χ1n) is 6.84. The molecule has 0 aliphatic rings. The molecule has 0 aliphatic carbocycles. The molecule has 0 fully saturated rings. The zero-order valence-electron chi connectivity index (χ0n) is 12.0.